The number of aliphatic carboxylic acids is 1. The Balaban J connectivity index is 1.75. The molecule has 8 heteroatoms. The Morgan fingerprint density at radius 1 is 1.00 bits per heavy atom. The SMILES string of the molecule is CCOc1cc(C=NNC(=O)c2cc3ccccc3cc2OC)ccc1OCC(=O)O. The van der Waals surface area contributed by atoms with Crippen LogP contribution in [0.15, 0.2) is 59.7 Å². The molecule has 0 atom stereocenters. The molecule has 0 aliphatic heterocycles. The molecule has 0 fully saturated rings. The second kappa shape index (κ2) is 10.1. The monoisotopic (exact) mass is 422 g/mol. The summed E-state index contributed by atoms with van der Waals surface area (Å²) in [5.74, 6) is -0.350. The number of carbonyl (C=O) groups is 2. The van der Waals surface area contributed by atoms with Crippen LogP contribution in [0.25, 0.3) is 10.8 Å². The van der Waals surface area contributed by atoms with Crippen molar-refractivity contribution in [2.24, 2.45) is 5.10 Å². The largest absolute Gasteiger partial charge is 0.496 e. The Bertz CT molecular complexity index is 1130. The van der Waals surface area contributed by atoms with Crippen LogP contribution < -0.4 is 19.6 Å². The minimum atomic E-state index is -1.08. The Morgan fingerprint density at radius 2 is 1.74 bits per heavy atom. The molecule has 0 aliphatic rings. The molecule has 0 aromatic heterocycles. The Hall–Kier alpha value is -4.07. The maximum atomic E-state index is 12.6. The van der Waals surface area contributed by atoms with Crippen molar-refractivity contribution in [2.75, 3.05) is 20.3 Å². The van der Waals surface area contributed by atoms with Gasteiger partial charge in [-0.3, -0.25) is 4.79 Å². The molecule has 8 nitrogen and oxygen atoms in total. The minimum Gasteiger partial charge on any atom is -0.496 e. The van der Waals surface area contributed by atoms with Crippen molar-refractivity contribution in [1.29, 1.82) is 0 Å². The summed E-state index contributed by atoms with van der Waals surface area (Å²) in [6.07, 6.45) is 1.45. The van der Waals surface area contributed by atoms with Crippen molar-refractivity contribution in [1.82, 2.24) is 5.43 Å². The maximum absolute atomic E-state index is 12.6. The van der Waals surface area contributed by atoms with Crippen molar-refractivity contribution < 1.29 is 28.9 Å². The number of amides is 1. The summed E-state index contributed by atoms with van der Waals surface area (Å²) >= 11 is 0. The molecule has 2 N–H and O–H groups in total. The molecular weight excluding hydrogens is 400 g/mol. The molecule has 3 rings (SSSR count). The third kappa shape index (κ3) is 5.51. The summed E-state index contributed by atoms with van der Waals surface area (Å²) < 4.78 is 16.1. The zero-order valence-electron chi connectivity index (χ0n) is 17.1. The van der Waals surface area contributed by atoms with Gasteiger partial charge in [-0.05, 0) is 53.6 Å². The first-order valence-electron chi connectivity index (χ1n) is 9.53. The second-order valence-electron chi connectivity index (χ2n) is 6.42. The zero-order chi connectivity index (χ0) is 22.2. The summed E-state index contributed by atoms with van der Waals surface area (Å²) in [6, 6.07) is 16.1. The highest BCUT2D eigenvalue weighted by Gasteiger charge is 2.13. The first-order chi connectivity index (χ1) is 15.0. The third-order valence-corrected chi connectivity index (χ3v) is 4.31. The average Bonchev–Trinajstić information content (AvgIpc) is 2.77. The minimum absolute atomic E-state index is 0.311. The number of rotatable bonds is 9. The number of carboxylic acids is 1. The molecule has 3 aromatic carbocycles. The maximum Gasteiger partial charge on any atom is 0.341 e. The molecule has 0 spiro atoms. The number of hydrogen-bond acceptors (Lipinski definition) is 6. The number of benzene rings is 3. The zero-order valence-corrected chi connectivity index (χ0v) is 17.1. The van der Waals surface area contributed by atoms with Gasteiger partial charge in [0.05, 0.1) is 25.5 Å². The van der Waals surface area contributed by atoms with E-state index in [1.54, 1.807) is 37.3 Å². The van der Waals surface area contributed by atoms with E-state index in [9.17, 15) is 9.59 Å². The van der Waals surface area contributed by atoms with Crippen LogP contribution >= 0.6 is 0 Å². The fourth-order valence-corrected chi connectivity index (χ4v) is 2.92. The number of carboxylic acid groups (broad SMARTS) is 1. The van der Waals surface area contributed by atoms with Gasteiger partial charge in [-0.25, -0.2) is 10.2 Å². The van der Waals surface area contributed by atoms with Crippen LogP contribution in [-0.2, 0) is 4.79 Å². The number of ether oxygens (including phenoxy) is 3. The van der Waals surface area contributed by atoms with E-state index in [0.717, 1.165) is 10.8 Å². The Labute approximate surface area is 179 Å². The first-order valence-corrected chi connectivity index (χ1v) is 9.53. The van der Waals surface area contributed by atoms with E-state index in [1.807, 2.05) is 24.3 Å². The standard InChI is InChI=1S/C23H22N2O6/c1-3-30-21-10-15(8-9-19(21)31-14-22(26)27)13-24-25-23(28)18-11-16-6-4-5-7-17(16)12-20(18)29-2/h4-13H,3,14H2,1-2H3,(H,25,28)(H,26,27). The third-order valence-electron chi connectivity index (χ3n) is 4.31. The molecule has 0 aliphatic carbocycles. The van der Waals surface area contributed by atoms with E-state index in [-0.39, 0.29) is 0 Å². The van der Waals surface area contributed by atoms with Crippen molar-refractivity contribution in [3.05, 3.63) is 65.7 Å². The Kier molecular flexibility index (Phi) is 7.05. The molecule has 0 unspecified atom stereocenters. The van der Waals surface area contributed by atoms with Crippen molar-refractivity contribution >= 4 is 28.9 Å². The predicted molar refractivity (Wildman–Crippen MR) is 116 cm³/mol. The molecule has 0 saturated carbocycles. The number of methoxy groups -OCH3 is 1. The van der Waals surface area contributed by atoms with E-state index in [1.165, 1.54) is 13.3 Å². The lowest BCUT2D eigenvalue weighted by Gasteiger charge is -2.11. The van der Waals surface area contributed by atoms with Gasteiger partial charge in [0.1, 0.15) is 5.75 Å². The number of hydrogen-bond donors (Lipinski definition) is 2. The molecule has 1 amide bonds. The fraction of sp³-hybridized carbons (Fsp3) is 0.174. The lowest BCUT2D eigenvalue weighted by molar-refractivity contribution is -0.139. The van der Waals surface area contributed by atoms with Crippen LogP contribution in [-0.4, -0.2) is 43.5 Å². The molecule has 0 saturated heterocycles. The van der Waals surface area contributed by atoms with Gasteiger partial charge < -0.3 is 19.3 Å². The van der Waals surface area contributed by atoms with E-state index in [0.29, 0.717) is 35.0 Å². The van der Waals surface area contributed by atoms with Gasteiger partial charge in [-0.15, -0.1) is 0 Å². The van der Waals surface area contributed by atoms with Crippen LogP contribution in [0.1, 0.15) is 22.8 Å². The lowest BCUT2D eigenvalue weighted by atomic mass is 10.1. The highest BCUT2D eigenvalue weighted by Crippen LogP contribution is 2.28. The van der Waals surface area contributed by atoms with Gasteiger partial charge in [0, 0.05) is 0 Å². The molecule has 160 valence electrons. The molecule has 0 heterocycles. The molecule has 31 heavy (non-hydrogen) atoms. The Morgan fingerprint density at radius 3 is 2.42 bits per heavy atom. The van der Waals surface area contributed by atoms with Gasteiger partial charge >= 0.3 is 5.97 Å². The summed E-state index contributed by atoms with van der Waals surface area (Å²) in [4.78, 5) is 23.3. The van der Waals surface area contributed by atoms with Crippen molar-refractivity contribution in [2.45, 2.75) is 6.92 Å². The molecular formula is C23H22N2O6. The predicted octanol–water partition coefficient (Wildman–Crippen LogP) is 3.47. The van der Waals surface area contributed by atoms with Crippen LogP contribution in [0.4, 0.5) is 0 Å². The summed E-state index contributed by atoms with van der Waals surface area (Å²) in [6.45, 7) is 1.71. The number of nitrogens with zero attached hydrogens (tertiary/aromatic N) is 1. The first kappa shape index (κ1) is 21.6. The van der Waals surface area contributed by atoms with E-state index in [4.69, 9.17) is 19.3 Å². The topological polar surface area (TPSA) is 106 Å². The van der Waals surface area contributed by atoms with Gasteiger partial charge in [0.15, 0.2) is 18.1 Å². The summed E-state index contributed by atoms with van der Waals surface area (Å²) in [5, 5.41) is 14.7. The van der Waals surface area contributed by atoms with Gasteiger partial charge in [0.25, 0.3) is 5.91 Å². The molecule has 0 bridgehead atoms. The van der Waals surface area contributed by atoms with Crippen molar-refractivity contribution in [3.63, 3.8) is 0 Å². The highest BCUT2D eigenvalue weighted by atomic mass is 16.5. The fourth-order valence-electron chi connectivity index (χ4n) is 2.92. The number of hydrazone groups is 1. The number of fused-ring (bicyclic) bond motifs is 1. The normalized spacial score (nSPS) is 10.8. The van der Waals surface area contributed by atoms with Gasteiger partial charge in [-0.2, -0.15) is 5.10 Å². The summed E-state index contributed by atoms with van der Waals surface area (Å²) in [5.41, 5.74) is 3.50. The van der Waals surface area contributed by atoms with Crippen LogP contribution in [0.2, 0.25) is 0 Å². The van der Waals surface area contributed by atoms with Gasteiger partial charge in [0.2, 0.25) is 0 Å². The number of nitrogens with one attached hydrogen (secondary N) is 1. The lowest BCUT2D eigenvalue weighted by Crippen LogP contribution is -2.18. The van der Waals surface area contributed by atoms with E-state index < -0.39 is 18.5 Å². The van der Waals surface area contributed by atoms with Crippen LogP contribution in [0.3, 0.4) is 0 Å². The molecule has 0 radical (unpaired) electrons. The van der Waals surface area contributed by atoms with E-state index >= 15 is 0 Å². The average molecular weight is 422 g/mol. The van der Waals surface area contributed by atoms with Crippen LogP contribution in [0.5, 0.6) is 17.2 Å². The van der Waals surface area contributed by atoms with Gasteiger partial charge in [-0.1, -0.05) is 24.3 Å². The van der Waals surface area contributed by atoms with E-state index in [2.05, 4.69) is 10.5 Å². The summed E-state index contributed by atoms with van der Waals surface area (Å²) in [7, 11) is 1.51. The quantitative estimate of drug-likeness (QED) is 0.404. The highest BCUT2D eigenvalue weighted by molar-refractivity contribution is 6.02. The number of carbonyl (C=O) groups excluding carboxylic acids is 1. The second-order valence-corrected chi connectivity index (χ2v) is 6.42. The smallest absolute Gasteiger partial charge is 0.341 e. The van der Waals surface area contributed by atoms with Crippen LogP contribution in [0, 0.1) is 0 Å². The molecule has 3 aromatic rings. The van der Waals surface area contributed by atoms with Crippen molar-refractivity contribution in [3.8, 4) is 17.2 Å².